The van der Waals surface area contributed by atoms with Gasteiger partial charge >= 0.3 is 0 Å². The Morgan fingerprint density at radius 2 is 1.83 bits per heavy atom. The van der Waals surface area contributed by atoms with Crippen LogP contribution in [-0.2, 0) is 13.0 Å². The summed E-state index contributed by atoms with van der Waals surface area (Å²) in [7, 11) is 0. The summed E-state index contributed by atoms with van der Waals surface area (Å²) in [4.78, 5) is 4.41. The number of halogens is 1. The van der Waals surface area contributed by atoms with Crippen LogP contribution in [0.1, 0.15) is 18.1 Å². The number of nitrogens with zero attached hydrogens (tertiary/aromatic N) is 3. The van der Waals surface area contributed by atoms with E-state index in [1.54, 1.807) is 18.3 Å². The molecule has 5 nitrogen and oxygen atoms in total. The molecule has 0 fully saturated rings. The van der Waals surface area contributed by atoms with E-state index in [-0.39, 0.29) is 5.82 Å². The Bertz CT molecular complexity index is 805. The number of hydrogen-bond acceptors (Lipinski definition) is 5. The molecule has 122 valence electrons. The van der Waals surface area contributed by atoms with Gasteiger partial charge in [0.15, 0.2) is 5.82 Å². The van der Waals surface area contributed by atoms with E-state index in [4.69, 9.17) is 0 Å². The first-order chi connectivity index (χ1) is 11.7. The van der Waals surface area contributed by atoms with E-state index in [2.05, 4.69) is 38.8 Å². The Balaban J connectivity index is 1.68. The quantitative estimate of drug-likeness (QED) is 0.720. The van der Waals surface area contributed by atoms with Gasteiger partial charge in [0, 0.05) is 12.2 Å². The van der Waals surface area contributed by atoms with E-state index in [9.17, 15) is 4.39 Å². The van der Waals surface area contributed by atoms with E-state index >= 15 is 0 Å². The van der Waals surface area contributed by atoms with Gasteiger partial charge in [0.2, 0.25) is 5.95 Å². The lowest BCUT2D eigenvalue weighted by Gasteiger charge is -2.10. The molecule has 2 N–H and O–H groups in total. The van der Waals surface area contributed by atoms with Crippen LogP contribution >= 0.6 is 0 Å². The highest BCUT2D eigenvalue weighted by atomic mass is 19.1. The molecule has 0 amide bonds. The van der Waals surface area contributed by atoms with E-state index in [0.29, 0.717) is 18.3 Å². The summed E-state index contributed by atoms with van der Waals surface area (Å²) in [5, 5.41) is 14.3. The number of rotatable bonds is 6. The van der Waals surface area contributed by atoms with Crippen molar-refractivity contribution in [3.8, 4) is 0 Å². The van der Waals surface area contributed by atoms with E-state index < -0.39 is 0 Å². The summed E-state index contributed by atoms with van der Waals surface area (Å²) in [5.74, 6) is 0.781. The number of hydrogen-bond donors (Lipinski definition) is 2. The topological polar surface area (TPSA) is 62.7 Å². The fourth-order valence-corrected chi connectivity index (χ4v) is 2.31. The summed E-state index contributed by atoms with van der Waals surface area (Å²) < 4.78 is 12.9. The highest BCUT2D eigenvalue weighted by Crippen LogP contribution is 2.20. The van der Waals surface area contributed by atoms with Gasteiger partial charge in [0.1, 0.15) is 5.82 Å². The first kappa shape index (κ1) is 15.9. The molecule has 1 aromatic heterocycles. The normalized spacial score (nSPS) is 10.4. The van der Waals surface area contributed by atoms with E-state index in [1.165, 1.54) is 17.7 Å². The molecule has 0 radical (unpaired) electrons. The van der Waals surface area contributed by atoms with Crippen LogP contribution in [0.3, 0.4) is 0 Å². The van der Waals surface area contributed by atoms with Crippen molar-refractivity contribution >= 4 is 17.5 Å². The molecule has 2 aromatic carbocycles. The van der Waals surface area contributed by atoms with Gasteiger partial charge in [0.05, 0.1) is 6.20 Å². The third-order valence-corrected chi connectivity index (χ3v) is 3.58. The van der Waals surface area contributed by atoms with Crippen LogP contribution in [0, 0.1) is 5.82 Å². The number of aromatic nitrogens is 3. The van der Waals surface area contributed by atoms with Crippen LogP contribution < -0.4 is 10.6 Å². The minimum Gasteiger partial charge on any atom is -0.349 e. The Hall–Kier alpha value is -3.02. The zero-order valence-corrected chi connectivity index (χ0v) is 13.3. The van der Waals surface area contributed by atoms with Gasteiger partial charge in [-0.25, -0.2) is 4.39 Å². The Kier molecular flexibility index (Phi) is 4.96. The first-order valence-corrected chi connectivity index (χ1v) is 7.77. The first-order valence-electron chi connectivity index (χ1n) is 7.77. The third-order valence-electron chi connectivity index (χ3n) is 3.58. The highest BCUT2D eigenvalue weighted by molar-refractivity contribution is 5.60. The molecule has 0 aliphatic carbocycles. The summed E-state index contributed by atoms with van der Waals surface area (Å²) in [6.07, 6.45) is 2.51. The van der Waals surface area contributed by atoms with Gasteiger partial charge in [-0.15, -0.1) is 5.10 Å². The SMILES string of the molecule is CCc1ccccc1Nc1cnnc(NCc2ccc(F)cc2)n1. The molecule has 3 rings (SSSR count). The second kappa shape index (κ2) is 7.50. The number of aryl methyl sites for hydroxylation is 1. The zero-order valence-electron chi connectivity index (χ0n) is 13.3. The van der Waals surface area contributed by atoms with E-state index in [0.717, 1.165) is 17.7 Å². The predicted octanol–water partition coefficient (Wildman–Crippen LogP) is 3.93. The molecule has 0 aliphatic rings. The fourth-order valence-electron chi connectivity index (χ4n) is 2.31. The Morgan fingerprint density at radius 1 is 1.04 bits per heavy atom. The van der Waals surface area contributed by atoms with E-state index in [1.807, 2.05) is 18.2 Å². The van der Waals surface area contributed by atoms with Crippen molar-refractivity contribution in [1.29, 1.82) is 0 Å². The van der Waals surface area contributed by atoms with Crippen molar-refractivity contribution in [2.24, 2.45) is 0 Å². The second-order valence-corrected chi connectivity index (χ2v) is 5.28. The molecule has 0 spiro atoms. The minimum atomic E-state index is -0.252. The van der Waals surface area contributed by atoms with Crippen LogP contribution in [0.4, 0.5) is 21.8 Å². The molecule has 3 aromatic rings. The summed E-state index contributed by atoms with van der Waals surface area (Å²) >= 11 is 0. The van der Waals surface area contributed by atoms with Gasteiger partial charge in [-0.1, -0.05) is 37.3 Å². The lowest BCUT2D eigenvalue weighted by atomic mass is 10.1. The number of anilines is 3. The molecule has 0 atom stereocenters. The van der Waals surface area contributed by atoms with Crippen molar-refractivity contribution < 1.29 is 4.39 Å². The molecule has 0 saturated carbocycles. The fraction of sp³-hybridized carbons (Fsp3) is 0.167. The Labute approximate surface area is 140 Å². The monoisotopic (exact) mass is 323 g/mol. The number of para-hydroxylation sites is 1. The van der Waals surface area contributed by atoms with Crippen LogP contribution in [0.5, 0.6) is 0 Å². The third kappa shape index (κ3) is 4.04. The van der Waals surface area contributed by atoms with Crippen molar-refractivity contribution in [2.45, 2.75) is 19.9 Å². The van der Waals surface area contributed by atoms with Crippen LogP contribution in [0.25, 0.3) is 0 Å². The second-order valence-electron chi connectivity index (χ2n) is 5.28. The van der Waals surface area contributed by atoms with Crippen molar-refractivity contribution in [2.75, 3.05) is 10.6 Å². The number of nitrogens with one attached hydrogen (secondary N) is 2. The van der Waals surface area contributed by atoms with Gasteiger partial charge in [0.25, 0.3) is 0 Å². The Morgan fingerprint density at radius 3 is 2.62 bits per heavy atom. The maximum Gasteiger partial charge on any atom is 0.244 e. The summed E-state index contributed by atoms with van der Waals surface area (Å²) in [6, 6.07) is 14.4. The van der Waals surface area contributed by atoms with Gasteiger partial charge < -0.3 is 10.6 Å². The minimum absolute atomic E-state index is 0.252. The standard InChI is InChI=1S/C18H18FN5/c1-2-14-5-3-4-6-16(14)22-17-12-21-24-18(23-17)20-11-13-7-9-15(19)10-8-13/h3-10,12H,2,11H2,1H3,(H2,20,22,23,24). The summed E-state index contributed by atoms with van der Waals surface area (Å²) in [6.45, 7) is 2.60. The average Bonchev–Trinajstić information content (AvgIpc) is 2.62. The van der Waals surface area contributed by atoms with Gasteiger partial charge in [-0.3, -0.25) is 0 Å². The molecule has 0 saturated heterocycles. The predicted molar refractivity (Wildman–Crippen MR) is 92.7 cm³/mol. The molecule has 0 aliphatic heterocycles. The molecule has 1 heterocycles. The zero-order chi connectivity index (χ0) is 16.8. The molecule has 24 heavy (non-hydrogen) atoms. The molecule has 0 bridgehead atoms. The molecular formula is C18H18FN5. The van der Waals surface area contributed by atoms with Gasteiger partial charge in [-0.2, -0.15) is 10.1 Å². The summed E-state index contributed by atoms with van der Waals surface area (Å²) in [5.41, 5.74) is 3.15. The lowest BCUT2D eigenvalue weighted by molar-refractivity contribution is 0.627. The maximum atomic E-state index is 12.9. The van der Waals surface area contributed by atoms with Gasteiger partial charge in [-0.05, 0) is 35.7 Å². The van der Waals surface area contributed by atoms with Crippen LogP contribution in [0.2, 0.25) is 0 Å². The molecule has 6 heteroatoms. The average molecular weight is 323 g/mol. The van der Waals surface area contributed by atoms with Crippen molar-refractivity contribution in [1.82, 2.24) is 15.2 Å². The largest absolute Gasteiger partial charge is 0.349 e. The van der Waals surface area contributed by atoms with Crippen molar-refractivity contribution in [3.05, 3.63) is 71.7 Å². The molecular weight excluding hydrogens is 305 g/mol. The van der Waals surface area contributed by atoms with Crippen molar-refractivity contribution in [3.63, 3.8) is 0 Å². The maximum absolute atomic E-state index is 12.9. The van der Waals surface area contributed by atoms with Crippen LogP contribution in [-0.4, -0.2) is 15.2 Å². The number of benzene rings is 2. The smallest absolute Gasteiger partial charge is 0.244 e. The van der Waals surface area contributed by atoms with Crippen LogP contribution in [0.15, 0.2) is 54.7 Å². The molecule has 0 unspecified atom stereocenters. The lowest BCUT2D eigenvalue weighted by Crippen LogP contribution is -2.06. The highest BCUT2D eigenvalue weighted by Gasteiger charge is 2.04.